The Morgan fingerprint density at radius 1 is 1.02 bits per heavy atom. The summed E-state index contributed by atoms with van der Waals surface area (Å²) in [5, 5.41) is 3.69. The van der Waals surface area contributed by atoms with Crippen LogP contribution in [0.25, 0.3) is 11.0 Å². The molecule has 3 atom stereocenters. The molecule has 1 N–H and O–H groups in total. The standard InChI is InChI=1S/C33H49FN6/c1-7-9-31(39-21-24(3)35-25(4)22-39)32-36-29-20-26(10-15-30(29)40(32)8-2)23-38-18-16-33(17-19-38,37(5)6)27-11-13-28(34)14-12-27/h10-15,20,24-25,31,35H,7-9,16-19,21-23H2,1-6H3/t24-,25+,31?. The lowest BCUT2D eigenvalue weighted by Crippen LogP contribution is -2.55. The topological polar surface area (TPSA) is 39.6 Å². The first kappa shape index (κ1) is 29.2. The van der Waals surface area contributed by atoms with E-state index in [2.05, 4.69) is 84.6 Å². The van der Waals surface area contributed by atoms with Crippen LogP contribution in [0.4, 0.5) is 4.39 Å². The Balaban J connectivity index is 1.34. The van der Waals surface area contributed by atoms with E-state index in [-0.39, 0.29) is 11.4 Å². The highest BCUT2D eigenvalue weighted by molar-refractivity contribution is 5.77. The minimum atomic E-state index is -0.169. The minimum absolute atomic E-state index is 0.0454. The van der Waals surface area contributed by atoms with Crippen LogP contribution < -0.4 is 5.32 Å². The first-order chi connectivity index (χ1) is 19.2. The van der Waals surface area contributed by atoms with Crippen molar-refractivity contribution in [2.24, 2.45) is 0 Å². The summed E-state index contributed by atoms with van der Waals surface area (Å²) < 4.78 is 16.1. The van der Waals surface area contributed by atoms with E-state index in [1.165, 1.54) is 22.5 Å². The Bertz CT molecular complexity index is 1250. The van der Waals surface area contributed by atoms with E-state index in [0.717, 1.165) is 70.5 Å². The molecule has 0 spiro atoms. The molecule has 3 aromatic rings. The lowest BCUT2D eigenvalue weighted by Gasteiger charge is -2.46. The second kappa shape index (κ2) is 12.3. The first-order valence-corrected chi connectivity index (χ1v) is 15.4. The monoisotopic (exact) mass is 548 g/mol. The Morgan fingerprint density at radius 2 is 1.70 bits per heavy atom. The van der Waals surface area contributed by atoms with Crippen molar-refractivity contribution in [3.05, 3.63) is 65.2 Å². The van der Waals surface area contributed by atoms with Gasteiger partial charge in [0.25, 0.3) is 0 Å². The molecule has 1 aromatic heterocycles. The molecule has 40 heavy (non-hydrogen) atoms. The van der Waals surface area contributed by atoms with Crippen LogP contribution >= 0.6 is 0 Å². The van der Waals surface area contributed by atoms with Gasteiger partial charge in [-0.25, -0.2) is 9.37 Å². The third-order valence-electron chi connectivity index (χ3n) is 9.37. The zero-order valence-electron chi connectivity index (χ0n) is 25.5. The summed E-state index contributed by atoms with van der Waals surface area (Å²) in [7, 11) is 4.31. The molecular formula is C33H49FN6. The number of aromatic nitrogens is 2. The van der Waals surface area contributed by atoms with Crippen molar-refractivity contribution in [3.63, 3.8) is 0 Å². The second-order valence-electron chi connectivity index (χ2n) is 12.5. The van der Waals surface area contributed by atoms with Crippen LogP contribution in [0.5, 0.6) is 0 Å². The van der Waals surface area contributed by atoms with Crippen LogP contribution in [0.15, 0.2) is 42.5 Å². The highest BCUT2D eigenvalue weighted by Crippen LogP contribution is 2.38. The maximum absolute atomic E-state index is 13.6. The fourth-order valence-corrected chi connectivity index (χ4v) is 7.34. The molecule has 0 radical (unpaired) electrons. The summed E-state index contributed by atoms with van der Waals surface area (Å²) in [6.45, 7) is 15.2. The van der Waals surface area contributed by atoms with Crippen LogP contribution in [0.3, 0.4) is 0 Å². The van der Waals surface area contributed by atoms with E-state index in [0.29, 0.717) is 18.1 Å². The summed E-state index contributed by atoms with van der Waals surface area (Å²) in [6, 6.07) is 15.4. The third-order valence-corrected chi connectivity index (χ3v) is 9.37. The molecule has 218 valence electrons. The van der Waals surface area contributed by atoms with Crippen LogP contribution in [-0.4, -0.2) is 76.6 Å². The lowest BCUT2D eigenvalue weighted by atomic mass is 9.79. The molecule has 2 saturated heterocycles. The quantitative estimate of drug-likeness (QED) is 0.368. The average Bonchev–Trinajstić information content (AvgIpc) is 3.29. The molecule has 2 fully saturated rings. The van der Waals surface area contributed by atoms with E-state index in [1.807, 2.05) is 12.1 Å². The van der Waals surface area contributed by atoms with Crippen LogP contribution in [0, 0.1) is 5.82 Å². The number of nitrogens with one attached hydrogen (secondary N) is 1. The highest BCUT2D eigenvalue weighted by atomic mass is 19.1. The average molecular weight is 549 g/mol. The molecule has 0 amide bonds. The summed E-state index contributed by atoms with van der Waals surface area (Å²) in [5.41, 5.74) is 4.87. The summed E-state index contributed by atoms with van der Waals surface area (Å²) >= 11 is 0. The molecule has 0 aliphatic carbocycles. The molecule has 2 aliphatic heterocycles. The lowest BCUT2D eigenvalue weighted by molar-refractivity contribution is 0.0507. The van der Waals surface area contributed by atoms with Gasteiger partial charge in [0.2, 0.25) is 0 Å². The SMILES string of the molecule is CCCC(c1nc2cc(CN3CCC(c4ccc(F)cc4)(N(C)C)CC3)ccc2n1CC)N1C[C@@H](C)N[C@@H](C)C1. The number of hydrogen-bond acceptors (Lipinski definition) is 5. The van der Waals surface area contributed by atoms with Crippen molar-refractivity contribution in [1.82, 2.24) is 29.6 Å². The van der Waals surface area contributed by atoms with Crippen LogP contribution in [0.1, 0.15) is 76.4 Å². The van der Waals surface area contributed by atoms with Crippen molar-refractivity contribution >= 4 is 11.0 Å². The van der Waals surface area contributed by atoms with Crippen molar-refractivity contribution < 1.29 is 4.39 Å². The molecule has 6 nitrogen and oxygen atoms in total. The second-order valence-corrected chi connectivity index (χ2v) is 12.5. The molecule has 7 heteroatoms. The number of piperazine rings is 1. The van der Waals surface area contributed by atoms with Gasteiger partial charge in [0.15, 0.2) is 0 Å². The van der Waals surface area contributed by atoms with E-state index in [9.17, 15) is 4.39 Å². The number of aryl methyl sites for hydroxylation is 1. The predicted octanol–water partition coefficient (Wildman–Crippen LogP) is 5.77. The van der Waals surface area contributed by atoms with Gasteiger partial charge in [-0.2, -0.15) is 0 Å². The Kier molecular flexibility index (Phi) is 8.95. The molecule has 3 heterocycles. The minimum Gasteiger partial charge on any atom is -0.327 e. The molecule has 0 bridgehead atoms. The number of piperidine rings is 1. The number of hydrogen-bond donors (Lipinski definition) is 1. The van der Waals surface area contributed by atoms with Crippen molar-refractivity contribution in [2.45, 2.75) is 90.1 Å². The van der Waals surface area contributed by atoms with Crippen molar-refractivity contribution in [2.75, 3.05) is 40.3 Å². The van der Waals surface area contributed by atoms with Gasteiger partial charge < -0.3 is 9.88 Å². The number of likely N-dealkylation sites (tertiary alicyclic amines) is 1. The van der Waals surface area contributed by atoms with Gasteiger partial charge in [0.05, 0.1) is 17.1 Å². The fraction of sp³-hybridized carbons (Fsp3) is 0.606. The zero-order chi connectivity index (χ0) is 28.4. The largest absolute Gasteiger partial charge is 0.327 e. The van der Waals surface area contributed by atoms with Gasteiger partial charge >= 0.3 is 0 Å². The maximum atomic E-state index is 13.6. The van der Waals surface area contributed by atoms with E-state index in [1.54, 1.807) is 12.1 Å². The van der Waals surface area contributed by atoms with Crippen molar-refractivity contribution in [1.29, 1.82) is 0 Å². The van der Waals surface area contributed by atoms with E-state index in [4.69, 9.17) is 4.98 Å². The number of rotatable bonds is 9. The van der Waals surface area contributed by atoms with Gasteiger partial charge in [0.1, 0.15) is 11.6 Å². The van der Waals surface area contributed by atoms with Gasteiger partial charge in [-0.3, -0.25) is 14.7 Å². The number of nitrogens with zero attached hydrogens (tertiary/aromatic N) is 5. The number of fused-ring (bicyclic) bond motifs is 1. The summed E-state index contributed by atoms with van der Waals surface area (Å²) in [6.07, 6.45) is 4.34. The van der Waals surface area contributed by atoms with Gasteiger partial charge in [-0.15, -0.1) is 0 Å². The first-order valence-electron chi connectivity index (χ1n) is 15.4. The van der Waals surface area contributed by atoms with Crippen LogP contribution in [-0.2, 0) is 18.6 Å². The Hall–Kier alpha value is -2.32. The summed E-state index contributed by atoms with van der Waals surface area (Å²) in [5.74, 6) is 1.06. The molecule has 1 unspecified atom stereocenters. The predicted molar refractivity (Wildman–Crippen MR) is 163 cm³/mol. The highest BCUT2D eigenvalue weighted by Gasteiger charge is 2.38. The van der Waals surface area contributed by atoms with E-state index >= 15 is 0 Å². The number of benzene rings is 2. The van der Waals surface area contributed by atoms with Gasteiger partial charge in [-0.1, -0.05) is 31.5 Å². The fourth-order valence-electron chi connectivity index (χ4n) is 7.34. The molecule has 5 rings (SSSR count). The smallest absolute Gasteiger partial charge is 0.127 e. The Morgan fingerprint density at radius 3 is 2.30 bits per heavy atom. The molecule has 2 aliphatic rings. The summed E-state index contributed by atoms with van der Waals surface area (Å²) in [4.78, 5) is 12.9. The van der Waals surface area contributed by atoms with Crippen molar-refractivity contribution in [3.8, 4) is 0 Å². The zero-order valence-corrected chi connectivity index (χ0v) is 25.5. The van der Waals surface area contributed by atoms with E-state index < -0.39 is 0 Å². The van der Waals surface area contributed by atoms with Gasteiger partial charge in [-0.05, 0) is 89.5 Å². The molecular weight excluding hydrogens is 499 g/mol. The number of imidazole rings is 1. The Labute approximate surface area is 240 Å². The third kappa shape index (κ3) is 5.85. The maximum Gasteiger partial charge on any atom is 0.127 e. The van der Waals surface area contributed by atoms with Crippen LogP contribution in [0.2, 0.25) is 0 Å². The number of halogens is 1. The molecule has 0 saturated carbocycles. The normalized spacial score (nSPS) is 23.2. The van der Waals surface area contributed by atoms with Gasteiger partial charge in [0, 0.05) is 56.9 Å². The molecule has 2 aromatic carbocycles.